The van der Waals surface area contributed by atoms with E-state index in [1.807, 2.05) is 0 Å². The van der Waals surface area contributed by atoms with Crippen molar-refractivity contribution in [2.45, 2.75) is 58.8 Å². The summed E-state index contributed by atoms with van der Waals surface area (Å²) in [6.07, 6.45) is 10.1. The van der Waals surface area contributed by atoms with Crippen LogP contribution in [0, 0.1) is 11.3 Å². The second kappa shape index (κ2) is 6.91. The average Bonchev–Trinajstić information content (AvgIpc) is 2.98. The van der Waals surface area contributed by atoms with Gasteiger partial charge in [-0.2, -0.15) is 0 Å². The lowest BCUT2D eigenvalue weighted by molar-refractivity contribution is 0.168. The zero-order valence-corrected chi connectivity index (χ0v) is 12.5. The van der Waals surface area contributed by atoms with E-state index in [0.29, 0.717) is 5.41 Å². The third kappa shape index (κ3) is 3.71. The molecule has 1 N–H and O–H groups in total. The van der Waals surface area contributed by atoms with Crippen LogP contribution in [0.4, 0.5) is 0 Å². The molecular weight excluding hydrogens is 220 g/mol. The molecule has 0 aromatic rings. The van der Waals surface area contributed by atoms with Crippen molar-refractivity contribution in [3.05, 3.63) is 0 Å². The lowest BCUT2D eigenvalue weighted by Gasteiger charge is -2.34. The van der Waals surface area contributed by atoms with Gasteiger partial charge in [-0.3, -0.25) is 0 Å². The first-order chi connectivity index (χ1) is 8.78. The van der Waals surface area contributed by atoms with Crippen LogP contribution in [0.15, 0.2) is 0 Å². The van der Waals surface area contributed by atoms with Crippen LogP contribution in [-0.4, -0.2) is 37.6 Å². The van der Waals surface area contributed by atoms with E-state index in [9.17, 15) is 0 Å². The van der Waals surface area contributed by atoms with E-state index < -0.39 is 0 Å². The molecule has 2 fully saturated rings. The summed E-state index contributed by atoms with van der Waals surface area (Å²) in [7, 11) is 0. The van der Waals surface area contributed by atoms with E-state index in [1.165, 1.54) is 71.1 Å². The van der Waals surface area contributed by atoms with Crippen molar-refractivity contribution in [2.24, 2.45) is 11.3 Å². The van der Waals surface area contributed by atoms with Gasteiger partial charge in [-0.15, -0.1) is 0 Å². The zero-order chi connectivity index (χ0) is 12.8. The second-order valence-corrected chi connectivity index (χ2v) is 6.67. The van der Waals surface area contributed by atoms with Crippen LogP contribution in [0.2, 0.25) is 0 Å². The number of likely N-dealkylation sites (tertiary alicyclic amines) is 1. The molecule has 1 saturated carbocycles. The Balaban J connectivity index is 1.82. The molecule has 0 aromatic heterocycles. The standard InChI is InChI=1S/C16H32N2/c1-3-7-15-8-11-18(12-15)14-16(13-17-4-2)9-5-6-10-16/h15,17H,3-14H2,1-2H3. The van der Waals surface area contributed by atoms with Crippen molar-refractivity contribution >= 4 is 0 Å². The van der Waals surface area contributed by atoms with Crippen molar-refractivity contribution in [1.82, 2.24) is 10.2 Å². The molecule has 18 heavy (non-hydrogen) atoms. The van der Waals surface area contributed by atoms with Crippen molar-refractivity contribution in [3.63, 3.8) is 0 Å². The molecule has 2 heteroatoms. The Morgan fingerprint density at radius 2 is 2.00 bits per heavy atom. The van der Waals surface area contributed by atoms with Crippen LogP contribution < -0.4 is 5.32 Å². The summed E-state index contributed by atoms with van der Waals surface area (Å²) in [5.41, 5.74) is 0.608. The summed E-state index contributed by atoms with van der Waals surface area (Å²) < 4.78 is 0. The minimum atomic E-state index is 0.608. The Hall–Kier alpha value is -0.0800. The minimum absolute atomic E-state index is 0.608. The molecule has 0 spiro atoms. The quantitative estimate of drug-likeness (QED) is 0.748. The van der Waals surface area contributed by atoms with Gasteiger partial charge < -0.3 is 10.2 Å². The summed E-state index contributed by atoms with van der Waals surface area (Å²) in [6.45, 7) is 11.0. The van der Waals surface area contributed by atoms with Gasteiger partial charge in [0, 0.05) is 19.6 Å². The summed E-state index contributed by atoms with van der Waals surface area (Å²) in [5.74, 6) is 0.993. The molecule has 2 rings (SSSR count). The maximum Gasteiger partial charge on any atom is 0.00503 e. The van der Waals surface area contributed by atoms with Gasteiger partial charge in [0.25, 0.3) is 0 Å². The van der Waals surface area contributed by atoms with Gasteiger partial charge >= 0.3 is 0 Å². The van der Waals surface area contributed by atoms with Crippen molar-refractivity contribution in [2.75, 3.05) is 32.7 Å². The van der Waals surface area contributed by atoms with Crippen LogP contribution in [-0.2, 0) is 0 Å². The number of nitrogens with zero attached hydrogens (tertiary/aromatic N) is 1. The highest BCUT2D eigenvalue weighted by molar-refractivity contribution is 4.91. The zero-order valence-electron chi connectivity index (χ0n) is 12.5. The van der Waals surface area contributed by atoms with Gasteiger partial charge in [0.2, 0.25) is 0 Å². The summed E-state index contributed by atoms with van der Waals surface area (Å²) >= 11 is 0. The first-order valence-electron chi connectivity index (χ1n) is 8.21. The smallest absolute Gasteiger partial charge is 0.00503 e. The highest BCUT2D eigenvalue weighted by Gasteiger charge is 2.36. The summed E-state index contributed by atoms with van der Waals surface area (Å²) in [6, 6.07) is 0. The van der Waals surface area contributed by atoms with Gasteiger partial charge in [0.1, 0.15) is 0 Å². The number of hydrogen-bond donors (Lipinski definition) is 1. The van der Waals surface area contributed by atoms with E-state index in [-0.39, 0.29) is 0 Å². The van der Waals surface area contributed by atoms with Crippen molar-refractivity contribution < 1.29 is 0 Å². The molecule has 1 aliphatic heterocycles. The van der Waals surface area contributed by atoms with Crippen LogP contribution in [0.25, 0.3) is 0 Å². The predicted octanol–water partition coefficient (Wildman–Crippen LogP) is 3.28. The molecule has 2 aliphatic rings. The highest BCUT2D eigenvalue weighted by Crippen LogP contribution is 2.39. The molecule has 1 aliphatic carbocycles. The molecule has 0 amide bonds. The summed E-state index contributed by atoms with van der Waals surface area (Å²) in [5, 5.41) is 3.61. The van der Waals surface area contributed by atoms with Crippen LogP contribution in [0.3, 0.4) is 0 Å². The normalized spacial score (nSPS) is 28.0. The Labute approximate surface area is 114 Å². The molecule has 0 bridgehead atoms. The van der Waals surface area contributed by atoms with Crippen molar-refractivity contribution in [3.8, 4) is 0 Å². The second-order valence-electron chi connectivity index (χ2n) is 6.67. The topological polar surface area (TPSA) is 15.3 Å². The molecule has 1 unspecified atom stereocenters. The third-order valence-electron chi connectivity index (χ3n) is 5.04. The number of nitrogens with one attached hydrogen (secondary N) is 1. The van der Waals surface area contributed by atoms with E-state index in [0.717, 1.165) is 12.5 Å². The minimum Gasteiger partial charge on any atom is -0.316 e. The predicted molar refractivity (Wildman–Crippen MR) is 78.9 cm³/mol. The van der Waals surface area contributed by atoms with Gasteiger partial charge in [-0.05, 0) is 50.1 Å². The maximum absolute atomic E-state index is 3.61. The molecule has 106 valence electrons. The Kier molecular flexibility index (Phi) is 5.50. The molecular formula is C16H32N2. The lowest BCUT2D eigenvalue weighted by Crippen LogP contribution is -2.42. The monoisotopic (exact) mass is 252 g/mol. The third-order valence-corrected chi connectivity index (χ3v) is 5.04. The van der Waals surface area contributed by atoms with Crippen LogP contribution >= 0.6 is 0 Å². The Morgan fingerprint density at radius 1 is 1.22 bits per heavy atom. The first-order valence-corrected chi connectivity index (χ1v) is 8.21. The molecule has 1 saturated heterocycles. The molecule has 1 heterocycles. The molecule has 1 atom stereocenters. The van der Waals surface area contributed by atoms with E-state index in [2.05, 4.69) is 24.1 Å². The number of hydrogen-bond acceptors (Lipinski definition) is 2. The fraction of sp³-hybridized carbons (Fsp3) is 1.00. The van der Waals surface area contributed by atoms with Crippen LogP contribution in [0.5, 0.6) is 0 Å². The average molecular weight is 252 g/mol. The highest BCUT2D eigenvalue weighted by atomic mass is 15.2. The lowest BCUT2D eigenvalue weighted by atomic mass is 9.85. The largest absolute Gasteiger partial charge is 0.316 e. The van der Waals surface area contributed by atoms with E-state index >= 15 is 0 Å². The molecule has 2 nitrogen and oxygen atoms in total. The maximum atomic E-state index is 3.61. The summed E-state index contributed by atoms with van der Waals surface area (Å²) in [4.78, 5) is 2.77. The molecule has 0 aromatic carbocycles. The van der Waals surface area contributed by atoms with Gasteiger partial charge in [-0.25, -0.2) is 0 Å². The van der Waals surface area contributed by atoms with Gasteiger partial charge in [-0.1, -0.05) is 33.1 Å². The van der Waals surface area contributed by atoms with Crippen LogP contribution in [0.1, 0.15) is 58.8 Å². The SMILES string of the molecule is CCCC1CCN(CC2(CNCC)CCCC2)C1. The Bertz CT molecular complexity index is 233. The molecule has 0 radical (unpaired) electrons. The number of rotatable bonds is 7. The van der Waals surface area contributed by atoms with Gasteiger partial charge in [0.05, 0.1) is 0 Å². The Morgan fingerprint density at radius 3 is 2.67 bits per heavy atom. The van der Waals surface area contributed by atoms with E-state index in [4.69, 9.17) is 0 Å². The fourth-order valence-corrected chi connectivity index (χ4v) is 4.08. The fourth-order valence-electron chi connectivity index (χ4n) is 4.08. The van der Waals surface area contributed by atoms with Gasteiger partial charge in [0.15, 0.2) is 0 Å². The van der Waals surface area contributed by atoms with Crippen molar-refractivity contribution in [1.29, 1.82) is 0 Å². The van der Waals surface area contributed by atoms with E-state index in [1.54, 1.807) is 0 Å². The first kappa shape index (κ1) is 14.3.